The molecule has 2 aromatic heterocycles. The van der Waals surface area contributed by atoms with E-state index in [0.29, 0.717) is 0 Å². The van der Waals surface area contributed by atoms with Crippen molar-refractivity contribution in [2.45, 2.75) is 10.8 Å². The maximum absolute atomic E-state index is 2.56. The molecule has 2 heterocycles. The van der Waals surface area contributed by atoms with E-state index in [4.69, 9.17) is 0 Å². The fraction of sp³-hybridized carbons (Fsp3) is 0.0182. The lowest BCUT2D eigenvalue weighted by atomic mass is 9.69. The summed E-state index contributed by atoms with van der Waals surface area (Å²) in [6.45, 7) is 0. The Balaban J connectivity index is 0.567. The zero-order chi connectivity index (χ0) is 73.3. The van der Waals surface area contributed by atoms with Crippen LogP contribution < -0.4 is 0 Å². The highest BCUT2D eigenvalue weighted by Gasteiger charge is 2.54. The molecule has 0 aliphatic heterocycles. The molecule has 0 N–H and O–H groups in total. The summed E-state index contributed by atoms with van der Waals surface area (Å²) >= 11 is 0. The Hall–Kier alpha value is -14.4. The van der Waals surface area contributed by atoms with Crippen LogP contribution in [-0.2, 0) is 10.8 Å². The van der Waals surface area contributed by atoms with Gasteiger partial charge in [-0.05, 0) is 228 Å². The number of hydrogen-bond donors (Lipinski definition) is 0. The third-order valence-corrected chi connectivity index (χ3v) is 25.3. The topological polar surface area (TPSA) is 9.86 Å². The van der Waals surface area contributed by atoms with Crippen molar-refractivity contribution in [1.82, 2.24) is 9.13 Å². The molecule has 4 aliphatic rings. The molecule has 18 aromatic carbocycles. The predicted molar refractivity (Wildman–Crippen MR) is 470 cm³/mol. The van der Waals surface area contributed by atoms with E-state index in [9.17, 15) is 0 Å². The monoisotopic (exact) mass is 1420 g/mol. The van der Waals surface area contributed by atoms with Crippen LogP contribution in [0.1, 0.15) is 66.8 Å². The average molecular weight is 1420 g/mol. The second-order valence-corrected chi connectivity index (χ2v) is 30.9. The molecule has 112 heavy (non-hydrogen) atoms. The zero-order valence-corrected chi connectivity index (χ0v) is 61.2. The maximum Gasteiger partial charge on any atom is 0.0725 e. The molecule has 518 valence electrons. The standard InChI is InChI=1S/C110H68N2/c1-3-23-81-75(19-1)21-17-37-103(81)111-105-35-15-9-29-91(105)93-65-77(55-61-107(93)111)73-49-43-69(44-50-73)39-41-71-47-57-87-89-59-53-79(67-101(89)109(99(87)63-71)95-31-11-5-25-83(95)84-26-6-12-32-96(84)109)80-54-60-90-88-58-48-72(64-100(88)110(102(90)68-80)97-33-13-7-27-85(97)86-28-8-14-34-98(86)110)42-40-70-45-51-74(52-46-70)78-56-62-108-94(66-78)92-30-10-16-36-106(92)112(108)104-38-18-22-76-20-2-4-24-82(76)104/h1-68H/b41-39+,42-40+. The van der Waals surface area contributed by atoms with Gasteiger partial charge in [-0.15, -0.1) is 0 Å². The van der Waals surface area contributed by atoms with Crippen LogP contribution in [0.5, 0.6) is 0 Å². The Morgan fingerprint density at radius 1 is 0.170 bits per heavy atom. The third-order valence-electron chi connectivity index (χ3n) is 25.3. The first-order chi connectivity index (χ1) is 55.5. The Kier molecular flexibility index (Phi) is 13.4. The third kappa shape index (κ3) is 8.92. The molecule has 24 rings (SSSR count). The smallest absolute Gasteiger partial charge is 0.0725 e. The van der Waals surface area contributed by atoms with Crippen molar-refractivity contribution in [3.63, 3.8) is 0 Å². The minimum Gasteiger partial charge on any atom is -0.309 e. The molecule has 0 amide bonds. The van der Waals surface area contributed by atoms with Gasteiger partial charge in [-0.25, -0.2) is 0 Å². The number of nitrogens with zero attached hydrogens (tertiary/aromatic N) is 2. The molecule has 0 radical (unpaired) electrons. The van der Waals surface area contributed by atoms with Crippen LogP contribution in [0.3, 0.4) is 0 Å². The van der Waals surface area contributed by atoms with Crippen molar-refractivity contribution in [3.05, 3.63) is 455 Å². The van der Waals surface area contributed by atoms with E-state index >= 15 is 0 Å². The minimum absolute atomic E-state index is 0.552. The van der Waals surface area contributed by atoms with Crippen molar-refractivity contribution >= 4 is 89.5 Å². The molecule has 2 heteroatoms. The van der Waals surface area contributed by atoms with Gasteiger partial charge in [0.25, 0.3) is 0 Å². The molecule has 0 saturated heterocycles. The van der Waals surface area contributed by atoms with Crippen LogP contribution in [0.2, 0.25) is 0 Å². The first-order valence-electron chi connectivity index (χ1n) is 39.1. The van der Waals surface area contributed by atoms with Crippen molar-refractivity contribution < 1.29 is 0 Å². The van der Waals surface area contributed by atoms with Gasteiger partial charge in [-0.2, -0.15) is 0 Å². The van der Waals surface area contributed by atoms with Crippen LogP contribution in [0, 0.1) is 0 Å². The van der Waals surface area contributed by atoms with Crippen molar-refractivity contribution in [3.8, 4) is 89.3 Å². The molecule has 4 aliphatic carbocycles. The summed E-state index contributed by atoms with van der Waals surface area (Å²) in [4.78, 5) is 0. The highest BCUT2D eigenvalue weighted by Crippen LogP contribution is 2.66. The molecule has 2 spiro atoms. The van der Waals surface area contributed by atoms with E-state index in [1.165, 1.54) is 210 Å². The predicted octanol–water partition coefficient (Wildman–Crippen LogP) is 28.2. The van der Waals surface area contributed by atoms with E-state index < -0.39 is 10.8 Å². The van der Waals surface area contributed by atoms with E-state index in [1.54, 1.807) is 0 Å². The lowest BCUT2D eigenvalue weighted by Crippen LogP contribution is -2.26. The molecule has 0 saturated carbocycles. The summed E-state index contributed by atoms with van der Waals surface area (Å²) in [7, 11) is 0. The highest BCUT2D eigenvalue weighted by molar-refractivity contribution is 6.14. The summed E-state index contributed by atoms with van der Waals surface area (Å²) in [5, 5.41) is 9.96. The summed E-state index contributed by atoms with van der Waals surface area (Å²) in [6.07, 6.45) is 9.18. The van der Waals surface area contributed by atoms with Gasteiger partial charge in [0.05, 0.1) is 44.3 Å². The van der Waals surface area contributed by atoms with Gasteiger partial charge in [0, 0.05) is 32.3 Å². The summed E-state index contributed by atoms with van der Waals surface area (Å²) in [6, 6.07) is 146. The first kappa shape index (κ1) is 62.6. The molecule has 0 bridgehead atoms. The highest BCUT2D eigenvalue weighted by atomic mass is 15.0. The van der Waals surface area contributed by atoms with E-state index in [1.807, 2.05) is 0 Å². The number of fused-ring (bicyclic) bond motifs is 28. The quantitative estimate of drug-likeness (QED) is 0.128. The van der Waals surface area contributed by atoms with Gasteiger partial charge < -0.3 is 9.13 Å². The lowest BCUT2D eigenvalue weighted by Gasteiger charge is -2.31. The largest absolute Gasteiger partial charge is 0.309 e. The van der Waals surface area contributed by atoms with Crippen LogP contribution in [0.25, 0.3) is 179 Å². The molecule has 2 nitrogen and oxygen atoms in total. The average Bonchev–Trinajstić information content (AvgIpc) is 1.51. The molecular weight excluding hydrogens is 1350 g/mol. The molecular formula is C110H68N2. The van der Waals surface area contributed by atoms with Gasteiger partial charge in [0.2, 0.25) is 0 Å². The van der Waals surface area contributed by atoms with Gasteiger partial charge in [0.15, 0.2) is 0 Å². The van der Waals surface area contributed by atoms with Crippen molar-refractivity contribution in [2.75, 3.05) is 0 Å². The molecule has 0 atom stereocenters. The Labute approximate surface area is 649 Å². The molecule has 0 fully saturated rings. The summed E-state index contributed by atoms with van der Waals surface area (Å²) in [5.41, 5.74) is 38.9. The zero-order valence-electron chi connectivity index (χ0n) is 61.2. The Bertz CT molecular complexity index is 6950. The van der Waals surface area contributed by atoms with E-state index in [0.717, 1.165) is 11.1 Å². The Morgan fingerprint density at radius 3 is 0.857 bits per heavy atom. The second-order valence-electron chi connectivity index (χ2n) is 30.9. The van der Waals surface area contributed by atoms with E-state index in [-0.39, 0.29) is 0 Å². The number of hydrogen-bond acceptors (Lipinski definition) is 0. The fourth-order valence-corrected chi connectivity index (χ4v) is 20.5. The summed E-state index contributed by atoms with van der Waals surface area (Å²) < 4.78 is 4.87. The van der Waals surface area contributed by atoms with Crippen molar-refractivity contribution in [2.24, 2.45) is 0 Å². The number of rotatable bonds is 9. The van der Waals surface area contributed by atoms with Gasteiger partial charge in [-0.1, -0.05) is 340 Å². The summed E-state index contributed by atoms with van der Waals surface area (Å²) in [5.74, 6) is 0. The van der Waals surface area contributed by atoms with Crippen LogP contribution in [-0.4, -0.2) is 9.13 Å². The van der Waals surface area contributed by atoms with Gasteiger partial charge in [0.1, 0.15) is 0 Å². The number of para-hydroxylation sites is 2. The number of benzene rings is 18. The SMILES string of the molecule is C(=C\c1ccc2c(c1)C1(c3ccccc3-c3ccccc31)c1cc(-c3ccc4c(c3)C3(c5ccccc5-c5ccccc53)c3cc(/C=C/c5ccc(-c6ccc7c(c6)c6ccccc6n7-c6cccc7ccccc67)cc5)ccc3-4)ccc1-2)/c1ccc(-c2ccc3c(c2)c2ccccc2n3-c2cccc3ccccc23)cc1. The fourth-order valence-electron chi connectivity index (χ4n) is 20.5. The molecule has 0 unspecified atom stereocenters. The minimum atomic E-state index is -0.552. The van der Waals surface area contributed by atoms with Gasteiger partial charge in [-0.3, -0.25) is 0 Å². The first-order valence-corrected chi connectivity index (χ1v) is 39.1. The molecule has 20 aromatic rings. The van der Waals surface area contributed by atoms with Crippen molar-refractivity contribution in [1.29, 1.82) is 0 Å². The van der Waals surface area contributed by atoms with Crippen LogP contribution in [0.15, 0.2) is 388 Å². The number of aromatic nitrogens is 2. The van der Waals surface area contributed by atoms with Crippen LogP contribution in [0.4, 0.5) is 0 Å². The van der Waals surface area contributed by atoms with Gasteiger partial charge >= 0.3 is 0 Å². The second kappa shape index (κ2) is 24.0. The normalized spacial score (nSPS) is 13.6. The lowest BCUT2D eigenvalue weighted by molar-refractivity contribution is 0.792. The van der Waals surface area contributed by atoms with E-state index in [2.05, 4.69) is 422 Å². The Morgan fingerprint density at radius 2 is 0.446 bits per heavy atom. The van der Waals surface area contributed by atoms with Crippen LogP contribution >= 0.6 is 0 Å². The maximum atomic E-state index is 2.56.